The van der Waals surface area contributed by atoms with Gasteiger partial charge in [0.25, 0.3) is 0 Å². The normalized spacial score (nSPS) is 12.0. The van der Waals surface area contributed by atoms with Crippen LogP contribution in [0.2, 0.25) is 5.02 Å². The lowest BCUT2D eigenvalue weighted by Crippen LogP contribution is -2.16. The van der Waals surface area contributed by atoms with E-state index < -0.39 is 0 Å². The van der Waals surface area contributed by atoms with E-state index in [1.165, 1.54) is 11.1 Å². The fraction of sp³-hybridized carbons (Fsp3) is 0.385. The molecule has 0 aliphatic heterocycles. The lowest BCUT2D eigenvalue weighted by molar-refractivity contribution is 0.459. The molecule has 0 aliphatic rings. The van der Waals surface area contributed by atoms with Gasteiger partial charge in [-0.1, -0.05) is 23.7 Å². The van der Waals surface area contributed by atoms with Gasteiger partial charge in [0.15, 0.2) is 0 Å². The van der Waals surface area contributed by atoms with Crippen molar-refractivity contribution in [3.05, 3.63) is 41.1 Å². The van der Waals surface area contributed by atoms with Crippen LogP contribution in [0.3, 0.4) is 0 Å². The van der Waals surface area contributed by atoms with E-state index in [4.69, 9.17) is 11.6 Å². The zero-order valence-corrected chi connectivity index (χ0v) is 11.1. The second-order valence-corrected chi connectivity index (χ2v) is 4.80. The summed E-state index contributed by atoms with van der Waals surface area (Å²) < 4.78 is 0. The number of nitrogens with zero attached hydrogens (tertiary/aromatic N) is 2. The Morgan fingerprint density at radius 1 is 1.12 bits per heavy atom. The number of rotatable bonds is 4. The van der Waals surface area contributed by atoms with E-state index in [-0.39, 0.29) is 0 Å². The molecule has 1 aromatic rings. The Hall–Kier alpha value is -0.990. The molecule has 0 saturated carbocycles. The van der Waals surface area contributed by atoms with Gasteiger partial charge in [0.2, 0.25) is 0 Å². The highest BCUT2D eigenvalue weighted by Crippen LogP contribution is 2.18. The Morgan fingerprint density at radius 3 is 2.12 bits per heavy atom. The molecule has 16 heavy (non-hydrogen) atoms. The number of benzene rings is 1. The van der Waals surface area contributed by atoms with Crippen LogP contribution in [0.5, 0.6) is 0 Å². The Morgan fingerprint density at radius 2 is 1.69 bits per heavy atom. The molecule has 0 spiro atoms. The van der Waals surface area contributed by atoms with E-state index >= 15 is 0 Å². The molecular formula is C13H19ClN2. The van der Waals surface area contributed by atoms with Gasteiger partial charge >= 0.3 is 0 Å². The van der Waals surface area contributed by atoms with Crippen LogP contribution in [0.4, 0.5) is 0 Å². The SMILES string of the molecule is CN(C)/C=C(/CN(C)C)c1ccc(Cl)cc1. The van der Waals surface area contributed by atoms with Gasteiger partial charge in [-0.25, -0.2) is 0 Å². The van der Waals surface area contributed by atoms with Crippen molar-refractivity contribution in [1.82, 2.24) is 9.80 Å². The first kappa shape index (κ1) is 13.1. The Balaban J connectivity index is 2.96. The van der Waals surface area contributed by atoms with Crippen molar-refractivity contribution in [1.29, 1.82) is 0 Å². The second kappa shape index (κ2) is 5.92. The monoisotopic (exact) mass is 238 g/mol. The summed E-state index contributed by atoms with van der Waals surface area (Å²) in [5.74, 6) is 0. The van der Waals surface area contributed by atoms with Gasteiger partial charge in [0.05, 0.1) is 0 Å². The van der Waals surface area contributed by atoms with Crippen molar-refractivity contribution in [3.63, 3.8) is 0 Å². The third-order valence-electron chi connectivity index (χ3n) is 2.12. The van der Waals surface area contributed by atoms with Gasteiger partial charge in [0, 0.05) is 31.9 Å². The Kier molecular flexibility index (Phi) is 4.84. The van der Waals surface area contributed by atoms with E-state index in [0.717, 1.165) is 11.6 Å². The minimum absolute atomic E-state index is 0.776. The quantitative estimate of drug-likeness (QED) is 0.796. The number of halogens is 1. The molecule has 2 nitrogen and oxygen atoms in total. The van der Waals surface area contributed by atoms with Crippen LogP contribution in [0, 0.1) is 0 Å². The summed E-state index contributed by atoms with van der Waals surface area (Å²) >= 11 is 5.89. The summed E-state index contributed by atoms with van der Waals surface area (Å²) in [4.78, 5) is 4.22. The van der Waals surface area contributed by atoms with Crippen LogP contribution in [0.25, 0.3) is 5.57 Å². The standard InChI is InChI=1S/C13H19ClN2/c1-15(2)9-12(10-16(3)4)11-5-7-13(14)8-6-11/h5-9H,10H2,1-4H3/b12-9-. The molecular weight excluding hydrogens is 220 g/mol. The number of hydrogen-bond acceptors (Lipinski definition) is 2. The number of likely N-dealkylation sites (N-methyl/N-ethyl adjacent to an activating group) is 1. The summed E-state index contributed by atoms with van der Waals surface area (Å²) in [6.45, 7) is 0.916. The lowest BCUT2D eigenvalue weighted by Gasteiger charge is -2.16. The molecule has 0 atom stereocenters. The molecule has 0 fully saturated rings. The molecule has 0 saturated heterocycles. The molecule has 0 aliphatic carbocycles. The highest BCUT2D eigenvalue weighted by atomic mass is 35.5. The molecule has 1 rings (SSSR count). The highest BCUT2D eigenvalue weighted by Gasteiger charge is 2.03. The molecule has 0 bridgehead atoms. The van der Waals surface area contributed by atoms with Crippen LogP contribution >= 0.6 is 11.6 Å². The summed E-state index contributed by atoms with van der Waals surface area (Å²) in [7, 11) is 8.20. The minimum atomic E-state index is 0.776. The largest absolute Gasteiger partial charge is 0.383 e. The van der Waals surface area contributed by atoms with Crippen LogP contribution < -0.4 is 0 Å². The van der Waals surface area contributed by atoms with E-state index in [9.17, 15) is 0 Å². The van der Waals surface area contributed by atoms with Gasteiger partial charge in [-0.05, 0) is 37.4 Å². The molecule has 0 N–H and O–H groups in total. The first-order valence-corrected chi connectivity index (χ1v) is 5.64. The number of hydrogen-bond donors (Lipinski definition) is 0. The van der Waals surface area contributed by atoms with Crippen molar-refractivity contribution >= 4 is 17.2 Å². The Labute approximate surface area is 103 Å². The van der Waals surface area contributed by atoms with Crippen LogP contribution in [-0.4, -0.2) is 44.5 Å². The maximum Gasteiger partial charge on any atom is 0.0406 e. The minimum Gasteiger partial charge on any atom is -0.383 e. The third-order valence-corrected chi connectivity index (χ3v) is 2.37. The molecule has 88 valence electrons. The summed E-state index contributed by atoms with van der Waals surface area (Å²) in [5.41, 5.74) is 2.50. The van der Waals surface area contributed by atoms with E-state index in [2.05, 4.69) is 42.2 Å². The van der Waals surface area contributed by atoms with Crippen molar-refractivity contribution in [3.8, 4) is 0 Å². The van der Waals surface area contributed by atoms with Crippen LogP contribution in [-0.2, 0) is 0 Å². The van der Waals surface area contributed by atoms with Crippen molar-refractivity contribution in [2.75, 3.05) is 34.7 Å². The maximum absolute atomic E-state index is 5.89. The second-order valence-electron chi connectivity index (χ2n) is 4.36. The van der Waals surface area contributed by atoms with E-state index in [1.807, 2.05) is 26.2 Å². The van der Waals surface area contributed by atoms with Crippen LogP contribution in [0.1, 0.15) is 5.56 Å². The average Bonchev–Trinajstić information content (AvgIpc) is 2.16. The molecule has 3 heteroatoms. The van der Waals surface area contributed by atoms with Gasteiger partial charge in [-0.3, -0.25) is 0 Å². The summed E-state index contributed by atoms with van der Waals surface area (Å²) in [6, 6.07) is 7.97. The van der Waals surface area contributed by atoms with E-state index in [0.29, 0.717) is 0 Å². The van der Waals surface area contributed by atoms with Gasteiger partial charge < -0.3 is 9.80 Å². The third kappa shape index (κ3) is 4.25. The molecule has 0 amide bonds. The topological polar surface area (TPSA) is 6.48 Å². The first-order valence-electron chi connectivity index (χ1n) is 5.27. The highest BCUT2D eigenvalue weighted by molar-refractivity contribution is 6.30. The van der Waals surface area contributed by atoms with Crippen molar-refractivity contribution in [2.24, 2.45) is 0 Å². The van der Waals surface area contributed by atoms with Gasteiger partial charge in [-0.2, -0.15) is 0 Å². The smallest absolute Gasteiger partial charge is 0.0406 e. The predicted molar refractivity (Wildman–Crippen MR) is 71.7 cm³/mol. The van der Waals surface area contributed by atoms with Gasteiger partial charge in [-0.15, -0.1) is 0 Å². The molecule has 0 unspecified atom stereocenters. The molecule has 0 aromatic heterocycles. The Bertz CT molecular complexity index is 353. The summed E-state index contributed by atoms with van der Waals surface area (Å²) in [5, 5.41) is 0.776. The summed E-state index contributed by atoms with van der Waals surface area (Å²) in [6.07, 6.45) is 2.14. The lowest BCUT2D eigenvalue weighted by atomic mass is 10.1. The van der Waals surface area contributed by atoms with Crippen LogP contribution in [0.15, 0.2) is 30.5 Å². The average molecular weight is 239 g/mol. The first-order chi connectivity index (χ1) is 7.49. The van der Waals surface area contributed by atoms with Crippen molar-refractivity contribution < 1.29 is 0 Å². The van der Waals surface area contributed by atoms with Gasteiger partial charge in [0.1, 0.15) is 0 Å². The predicted octanol–water partition coefficient (Wildman–Crippen LogP) is 2.80. The van der Waals surface area contributed by atoms with E-state index in [1.54, 1.807) is 0 Å². The maximum atomic E-state index is 5.89. The zero-order valence-electron chi connectivity index (χ0n) is 10.4. The van der Waals surface area contributed by atoms with Crippen molar-refractivity contribution in [2.45, 2.75) is 0 Å². The molecule has 0 radical (unpaired) electrons. The fourth-order valence-corrected chi connectivity index (χ4v) is 1.65. The molecule has 0 heterocycles. The zero-order chi connectivity index (χ0) is 12.1. The fourth-order valence-electron chi connectivity index (χ4n) is 1.52. The molecule has 1 aromatic carbocycles.